The Morgan fingerprint density at radius 2 is 2.05 bits per heavy atom. The van der Waals surface area contributed by atoms with Crippen LogP contribution in [0, 0.1) is 0 Å². The standard InChI is InChI=1S/C16H19N3O2/c1-11(18-16(20)19-15-8-9-17-21-15)13-7-6-12-4-2-3-5-14(12)10-13/h6-11H,2-5H2,1H3,(H2,18,19,20). The minimum atomic E-state index is -0.294. The highest BCUT2D eigenvalue weighted by Crippen LogP contribution is 2.24. The number of aromatic nitrogens is 1. The Labute approximate surface area is 123 Å². The van der Waals surface area contributed by atoms with Crippen molar-refractivity contribution < 1.29 is 9.32 Å². The maximum Gasteiger partial charge on any atom is 0.322 e. The molecule has 2 aromatic rings. The van der Waals surface area contributed by atoms with Gasteiger partial charge in [-0.2, -0.15) is 0 Å². The lowest BCUT2D eigenvalue weighted by Gasteiger charge is -2.20. The zero-order valence-corrected chi connectivity index (χ0v) is 12.1. The van der Waals surface area contributed by atoms with E-state index in [-0.39, 0.29) is 12.1 Å². The van der Waals surface area contributed by atoms with Gasteiger partial charge in [0.15, 0.2) is 0 Å². The van der Waals surface area contributed by atoms with E-state index in [0.29, 0.717) is 5.88 Å². The van der Waals surface area contributed by atoms with Crippen LogP contribution >= 0.6 is 0 Å². The van der Waals surface area contributed by atoms with Gasteiger partial charge in [0.1, 0.15) is 0 Å². The van der Waals surface area contributed by atoms with Crippen molar-refractivity contribution >= 4 is 11.9 Å². The van der Waals surface area contributed by atoms with E-state index in [9.17, 15) is 4.79 Å². The number of nitrogens with zero attached hydrogens (tertiary/aromatic N) is 1. The first kappa shape index (κ1) is 13.7. The van der Waals surface area contributed by atoms with E-state index in [1.54, 1.807) is 6.07 Å². The van der Waals surface area contributed by atoms with E-state index < -0.39 is 0 Å². The molecule has 110 valence electrons. The van der Waals surface area contributed by atoms with Crippen molar-refractivity contribution in [1.82, 2.24) is 10.5 Å². The van der Waals surface area contributed by atoms with E-state index in [1.165, 1.54) is 36.6 Å². The summed E-state index contributed by atoms with van der Waals surface area (Å²) < 4.78 is 4.84. The molecule has 1 heterocycles. The van der Waals surface area contributed by atoms with Crippen molar-refractivity contribution in [2.75, 3.05) is 5.32 Å². The van der Waals surface area contributed by atoms with Crippen LogP contribution in [0.4, 0.5) is 10.7 Å². The first-order chi connectivity index (χ1) is 10.2. The number of benzene rings is 1. The van der Waals surface area contributed by atoms with Crippen molar-refractivity contribution in [3.05, 3.63) is 47.2 Å². The summed E-state index contributed by atoms with van der Waals surface area (Å²) in [6.45, 7) is 1.98. The minimum absolute atomic E-state index is 0.0554. The smallest absolute Gasteiger partial charge is 0.322 e. The number of nitrogens with one attached hydrogen (secondary N) is 2. The fourth-order valence-corrected chi connectivity index (χ4v) is 2.73. The van der Waals surface area contributed by atoms with Crippen molar-refractivity contribution in [2.24, 2.45) is 0 Å². The maximum absolute atomic E-state index is 11.9. The predicted molar refractivity (Wildman–Crippen MR) is 80.2 cm³/mol. The quantitative estimate of drug-likeness (QED) is 0.907. The number of rotatable bonds is 3. The van der Waals surface area contributed by atoms with Gasteiger partial charge in [0.25, 0.3) is 0 Å². The monoisotopic (exact) mass is 285 g/mol. The van der Waals surface area contributed by atoms with E-state index in [4.69, 9.17) is 4.52 Å². The highest BCUT2D eigenvalue weighted by molar-refractivity contribution is 5.87. The summed E-state index contributed by atoms with van der Waals surface area (Å²) in [7, 11) is 0. The molecular weight excluding hydrogens is 266 g/mol. The van der Waals surface area contributed by atoms with Crippen LogP contribution in [0.2, 0.25) is 0 Å². The lowest BCUT2D eigenvalue weighted by atomic mass is 9.89. The largest absolute Gasteiger partial charge is 0.338 e. The summed E-state index contributed by atoms with van der Waals surface area (Å²) in [5.41, 5.74) is 4.00. The van der Waals surface area contributed by atoms with Gasteiger partial charge < -0.3 is 9.84 Å². The molecular formula is C16H19N3O2. The number of urea groups is 1. The van der Waals surface area contributed by atoms with Gasteiger partial charge in [-0.05, 0) is 49.3 Å². The highest BCUT2D eigenvalue weighted by atomic mass is 16.5. The van der Waals surface area contributed by atoms with Crippen LogP contribution in [0.5, 0.6) is 0 Å². The molecule has 3 rings (SSSR count). The van der Waals surface area contributed by atoms with Crippen LogP contribution in [-0.4, -0.2) is 11.2 Å². The van der Waals surface area contributed by atoms with Gasteiger partial charge in [-0.15, -0.1) is 0 Å². The van der Waals surface area contributed by atoms with Crippen molar-refractivity contribution in [3.63, 3.8) is 0 Å². The topological polar surface area (TPSA) is 67.2 Å². The molecule has 1 unspecified atom stereocenters. The van der Waals surface area contributed by atoms with Gasteiger partial charge in [0, 0.05) is 6.07 Å². The average molecular weight is 285 g/mol. The van der Waals surface area contributed by atoms with Crippen molar-refractivity contribution in [3.8, 4) is 0 Å². The zero-order chi connectivity index (χ0) is 14.7. The Morgan fingerprint density at radius 3 is 2.81 bits per heavy atom. The van der Waals surface area contributed by atoms with E-state index in [1.807, 2.05) is 6.92 Å². The number of aryl methyl sites for hydroxylation is 2. The average Bonchev–Trinajstić information content (AvgIpc) is 2.99. The lowest BCUT2D eigenvalue weighted by molar-refractivity contribution is 0.248. The van der Waals surface area contributed by atoms with E-state index >= 15 is 0 Å². The summed E-state index contributed by atoms with van der Waals surface area (Å²) in [6, 6.07) is 7.76. The SMILES string of the molecule is CC(NC(=O)Nc1ccno1)c1ccc2c(c1)CCCC2. The molecule has 1 aliphatic carbocycles. The fourth-order valence-electron chi connectivity index (χ4n) is 2.73. The third-order valence-corrected chi connectivity index (χ3v) is 3.89. The third kappa shape index (κ3) is 3.24. The summed E-state index contributed by atoms with van der Waals surface area (Å²) in [5, 5.41) is 9.05. The van der Waals surface area contributed by atoms with Crippen LogP contribution in [0.3, 0.4) is 0 Å². The molecule has 1 aliphatic rings. The maximum atomic E-state index is 11.9. The second-order valence-corrected chi connectivity index (χ2v) is 5.43. The highest BCUT2D eigenvalue weighted by Gasteiger charge is 2.14. The number of carbonyl (C=O) groups is 1. The van der Waals surface area contributed by atoms with Gasteiger partial charge in [-0.25, -0.2) is 4.79 Å². The molecule has 21 heavy (non-hydrogen) atoms. The summed E-state index contributed by atoms with van der Waals surface area (Å²) in [4.78, 5) is 11.9. The van der Waals surface area contributed by atoms with Crippen LogP contribution in [0.1, 0.15) is 42.5 Å². The van der Waals surface area contributed by atoms with E-state index in [0.717, 1.165) is 12.0 Å². The molecule has 2 amide bonds. The molecule has 5 nitrogen and oxygen atoms in total. The number of fused-ring (bicyclic) bond motifs is 1. The fraction of sp³-hybridized carbons (Fsp3) is 0.375. The molecule has 0 saturated carbocycles. The van der Waals surface area contributed by atoms with E-state index in [2.05, 4.69) is 34.0 Å². The molecule has 0 aliphatic heterocycles. The van der Waals surface area contributed by atoms with Crippen molar-refractivity contribution in [2.45, 2.75) is 38.6 Å². The Balaban J connectivity index is 1.64. The number of hydrogen-bond acceptors (Lipinski definition) is 3. The van der Waals surface area contributed by atoms with Gasteiger partial charge >= 0.3 is 6.03 Å². The molecule has 1 atom stereocenters. The first-order valence-corrected chi connectivity index (χ1v) is 7.32. The third-order valence-electron chi connectivity index (χ3n) is 3.89. The predicted octanol–water partition coefficient (Wildman–Crippen LogP) is 3.44. The Bertz CT molecular complexity index is 622. The Hall–Kier alpha value is -2.30. The van der Waals surface area contributed by atoms with Crippen LogP contribution in [0.15, 0.2) is 35.0 Å². The number of carbonyl (C=O) groups excluding carboxylic acids is 1. The van der Waals surface area contributed by atoms with Crippen molar-refractivity contribution in [1.29, 1.82) is 0 Å². The summed E-state index contributed by atoms with van der Waals surface area (Å²) in [6.07, 6.45) is 6.33. The van der Waals surface area contributed by atoms with Gasteiger partial charge in [-0.1, -0.05) is 23.4 Å². The molecule has 0 bridgehead atoms. The molecule has 0 fully saturated rings. The zero-order valence-electron chi connectivity index (χ0n) is 12.1. The van der Waals surface area contributed by atoms with Gasteiger partial charge in [0.2, 0.25) is 5.88 Å². The second-order valence-electron chi connectivity index (χ2n) is 5.43. The van der Waals surface area contributed by atoms with Gasteiger partial charge in [-0.3, -0.25) is 5.32 Å². The second kappa shape index (κ2) is 5.99. The molecule has 1 aromatic heterocycles. The minimum Gasteiger partial charge on any atom is -0.338 e. The number of hydrogen-bond donors (Lipinski definition) is 2. The molecule has 0 radical (unpaired) electrons. The van der Waals surface area contributed by atoms with Gasteiger partial charge in [0.05, 0.1) is 12.2 Å². The first-order valence-electron chi connectivity index (χ1n) is 7.32. The summed E-state index contributed by atoms with van der Waals surface area (Å²) >= 11 is 0. The van der Waals surface area contributed by atoms with Crippen LogP contribution < -0.4 is 10.6 Å². The molecule has 2 N–H and O–H groups in total. The lowest BCUT2D eigenvalue weighted by Crippen LogP contribution is -2.31. The molecule has 5 heteroatoms. The molecule has 0 saturated heterocycles. The summed E-state index contributed by atoms with van der Waals surface area (Å²) in [5.74, 6) is 0.338. The molecule has 0 spiro atoms. The van der Waals surface area contributed by atoms with Crippen LogP contribution in [-0.2, 0) is 12.8 Å². The Kier molecular flexibility index (Phi) is 3.90. The Morgan fingerprint density at radius 1 is 1.24 bits per heavy atom. The van der Waals surface area contributed by atoms with Crippen LogP contribution in [0.25, 0.3) is 0 Å². The normalized spacial score (nSPS) is 15.1. The molecule has 1 aromatic carbocycles. The number of amides is 2. The number of anilines is 1.